The van der Waals surface area contributed by atoms with E-state index in [4.69, 9.17) is 4.52 Å². The molecule has 2 amide bonds. The third-order valence-electron chi connectivity index (χ3n) is 5.00. The summed E-state index contributed by atoms with van der Waals surface area (Å²) in [6.07, 6.45) is 0. The van der Waals surface area contributed by atoms with Crippen molar-refractivity contribution < 1.29 is 14.1 Å². The number of hydrogen-bond donors (Lipinski definition) is 2. The van der Waals surface area contributed by atoms with Crippen LogP contribution in [0.15, 0.2) is 34.9 Å². The molecule has 2 N–H and O–H groups in total. The van der Waals surface area contributed by atoms with Gasteiger partial charge in [0.2, 0.25) is 11.8 Å². The van der Waals surface area contributed by atoms with E-state index >= 15 is 0 Å². The molecular weight excluding hydrogens is 358 g/mol. The summed E-state index contributed by atoms with van der Waals surface area (Å²) in [5.74, 6) is 0.0304. The zero-order chi connectivity index (χ0) is 20.3. The second-order valence-electron chi connectivity index (χ2n) is 7.69. The first kappa shape index (κ1) is 19.9. The van der Waals surface area contributed by atoms with Gasteiger partial charge in [0.25, 0.3) is 0 Å². The van der Waals surface area contributed by atoms with Crippen LogP contribution >= 0.6 is 0 Å². The minimum atomic E-state index is -1.27. The Labute approximate surface area is 164 Å². The summed E-state index contributed by atoms with van der Waals surface area (Å²) in [6, 6.07) is 9.31. The molecule has 0 saturated carbocycles. The molecule has 0 aliphatic carbocycles. The number of nitrogens with one attached hydrogen (secondary N) is 2. The highest BCUT2D eigenvalue weighted by Gasteiger charge is 2.36. The van der Waals surface area contributed by atoms with Crippen molar-refractivity contribution in [3.05, 3.63) is 36.1 Å². The minimum Gasteiger partial charge on any atom is -0.369 e. The molecule has 3 rings (SSSR count). The lowest BCUT2D eigenvalue weighted by Gasteiger charge is -2.34. The maximum Gasteiger partial charge on any atom is 0.240 e. The Balaban J connectivity index is 1.60. The monoisotopic (exact) mass is 385 g/mol. The normalized spacial score (nSPS) is 15.4. The molecule has 2 aromatic rings. The van der Waals surface area contributed by atoms with Crippen molar-refractivity contribution in [1.82, 2.24) is 10.1 Å². The van der Waals surface area contributed by atoms with E-state index in [9.17, 15) is 9.59 Å². The Morgan fingerprint density at radius 3 is 2.21 bits per heavy atom. The summed E-state index contributed by atoms with van der Waals surface area (Å²) in [5.41, 5.74) is 0.508. The number of amides is 2. The summed E-state index contributed by atoms with van der Waals surface area (Å²) < 4.78 is 4.93. The number of carbonyl (C=O) groups excluding carboxylic acids is 2. The van der Waals surface area contributed by atoms with Crippen LogP contribution in [0.25, 0.3) is 0 Å². The molecule has 0 bridgehead atoms. The molecule has 28 heavy (non-hydrogen) atoms. The van der Waals surface area contributed by atoms with Gasteiger partial charge in [-0.1, -0.05) is 5.16 Å². The molecule has 1 fully saturated rings. The van der Waals surface area contributed by atoms with Crippen molar-refractivity contribution in [2.24, 2.45) is 5.41 Å². The number of aryl methyl sites for hydroxylation is 1. The van der Waals surface area contributed by atoms with E-state index in [1.165, 1.54) is 0 Å². The quantitative estimate of drug-likeness (QED) is 0.768. The third kappa shape index (κ3) is 4.51. The molecule has 0 spiro atoms. The molecule has 8 nitrogen and oxygen atoms in total. The molecule has 8 heteroatoms. The van der Waals surface area contributed by atoms with Gasteiger partial charge in [-0.15, -0.1) is 0 Å². The molecule has 1 aromatic heterocycles. The summed E-state index contributed by atoms with van der Waals surface area (Å²) in [6.45, 7) is 8.91. The van der Waals surface area contributed by atoms with Gasteiger partial charge in [0.1, 0.15) is 11.2 Å². The van der Waals surface area contributed by atoms with E-state index in [0.29, 0.717) is 17.3 Å². The standard InChI is InChI=1S/C20H27N5O3/c1-14-13-17(23-28-14)22-19(27)20(2,3)18(26)21-15-5-7-16(8-6-15)25-11-9-24(4)10-12-25/h5-8,13H,9-12H2,1-4H3,(H,21,26)(H,22,23,27). The fourth-order valence-corrected chi connectivity index (χ4v) is 2.91. The van der Waals surface area contributed by atoms with Gasteiger partial charge in [-0.25, -0.2) is 0 Å². The molecule has 1 aliphatic rings. The van der Waals surface area contributed by atoms with Gasteiger partial charge in [0.15, 0.2) is 5.82 Å². The smallest absolute Gasteiger partial charge is 0.240 e. The van der Waals surface area contributed by atoms with Gasteiger partial charge < -0.3 is 25.0 Å². The fourth-order valence-electron chi connectivity index (χ4n) is 2.91. The van der Waals surface area contributed by atoms with E-state index in [1.807, 2.05) is 24.3 Å². The highest BCUT2D eigenvalue weighted by atomic mass is 16.5. The maximum atomic E-state index is 12.7. The van der Waals surface area contributed by atoms with Crippen LogP contribution in [0.4, 0.5) is 17.2 Å². The molecule has 2 heterocycles. The number of benzene rings is 1. The maximum absolute atomic E-state index is 12.7. The first-order chi connectivity index (χ1) is 13.3. The number of rotatable bonds is 5. The average molecular weight is 385 g/mol. The highest BCUT2D eigenvalue weighted by molar-refractivity contribution is 6.13. The number of likely N-dealkylation sites (N-methyl/N-ethyl adjacent to an activating group) is 1. The zero-order valence-electron chi connectivity index (χ0n) is 16.8. The predicted molar refractivity (Wildman–Crippen MR) is 108 cm³/mol. The Bertz CT molecular complexity index is 836. The van der Waals surface area contributed by atoms with Gasteiger partial charge in [0, 0.05) is 43.6 Å². The summed E-state index contributed by atoms with van der Waals surface area (Å²) >= 11 is 0. The molecule has 1 saturated heterocycles. The minimum absolute atomic E-state index is 0.292. The second-order valence-corrected chi connectivity index (χ2v) is 7.69. The highest BCUT2D eigenvalue weighted by Crippen LogP contribution is 2.23. The van der Waals surface area contributed by atoms with Crippen LogP contribution in [-0.2, 0) is 9.59 Å². The first-order valence-electron chi connectivity index (χ1n) is 9.35. The Morgan fingerprint density at radius 2 is 1.64 bits per heavy atom. The SMILES string of the molecule is Cc1cc(NC(=O)C(C)(C)C(=O)Nc2ccc(N3CCN(C)CC3)cc2)no1. The van der Waals surface area contributed by atoms with Crippen LogP contribution in [0.1, 0.15) is 19.6 Å². The predicted octanol–water partition coefficient (Wildman–Crippen LogP) is 2.34. The van der Waals surface area contributed by atoms with Gasteiger partial charge in [0.05, 0.1) is 0 Å². The van der Waals surface area contributed by atoms with Crippen molar-refractivity contribution in [1.29, 1.82) is 0 Å². The van der Waals surface area contributed by atoms with Crippen LogP contribution < -0.4 is 15.5 Å². The summed E-state index contributed by atoms with van der Waals surface area (Å²) in [4.78, 5) is 29.8. The number of anilines is 3. The van der Waals surface area contributed by atoms with E-state index in [1.54, 1.807) is 26.8 Å². The van der Waals surface area contributed by atoms with Gasteiger partial charge in [-0.3, -0.25) is 9.59 Å². The van der Waals surface area contributed by atoms with Crippen molar-refractivity contribution in [3.8, 4) is 0 Å². The number of piperazine rings is 1. The lowest BCUT2D eigenvalue weighted by Crippen LogP contribution is -2.44. The fraction of sp³-hybridized carbons (Fsp3) is 0.450. The Hall–Kier alpha value is -2.87. The summed E-state index contributed by atoms with van der Waals surface area (Å²) in [5, 5.41) is 9.16. The zero-order valence-corrected chi connectivity index (χ0v) is 16.8. The molecule has 0 radical (unpaired) electrons. The van der Waals surface area contributed by atoms with Gasteiger partial charge in [-0.05, 0) is 52.1 Å². The lowest BCUT2D eigenvalue weighted by atomic mass is 9.91. The lowest BCUT2D eigenvalue weighted by molar-refractivity contribution is -0.135. The Morgan fingerprint density at radius 1 is 1.04 bits per heavy atom. The van der Waals surface area contributed by atoms with E-state index in [2.05, 4.69) is 32.6 Å². The van der Waals surface area contributed by atoms with Crippen molar-refractivity contribution in [3.63, 3.8) is 0 Å². The van der Waals surface area contributed by atoms with Crippen LogP contribution in [0.5, 0.6) is 0 Å². The molecule has 0 unspecified atom stereocenters. The molecule has 0 atom stereocenters. The average Bonchev–Trinajstić information content (AvgIpc) is 3.07. The van der Waals surface area contributed by atoms with Crippen LogP contribution in [0.2, 0.25) is 0 Å². The largest absolute Gasteiger partial charge is 0.369 e. The molecule has 1 aliphatic heterocycles. The van der Waals surface area contributed by atoms with Crippen LogP contribution in [-0.4, -0.2) is 55.1 Å². The van der Waals surface area contributed by atoms with E-state index in [-0.39, 0.29) is 0 Å². The van der Waals surface area contributed by atoms with Gasteiger partial charge in [-0.2, -0.15) is 0 Å². The second kappa shape index (κ2) is 8.02. The molecule has 1 aromatic carbocycles. The number of hydrogen-bond acceptors (Lipinski definition) is 6. The first-order valence-corrected chi connectivity index (χ1v) is 9.35. The van der Waals surface area contributed by atoms with Crippen LogP contribution in [0.3, 0.4) is 0 Å². The number of aromatic nitrogens is 1. The van der Waals surface area contributed by atoms with E-state index in [0.717, 1.165) is 31.9 Å². The van der Waals surface area contributed by atoms with Gasteiger partial charge >= 0.3 is 0 Å². The van der Waals surface area contributed by atoms with Crippen LogP contribution in [0, 0.1) is 12.3 Å². The molecule has 150 valence electrons. The van der Waals surface area contributed by atoms with E-state index < -0.39 is 17.2 Å². The number of carbonyl (C=O) groups is 2. The summed E-state index contributed by atoms with van der Waals surface area (Å²) in [7, 11) is 2.12. The van der Waals surface area contributed by atoms with Crippen molar-refractivity contribution in [2.75, 3.05) is 48.8 Å². The van der Waals surface area contributed by atoms with Crippen molar-refractivity contribution in [2.45, 2.75) is 20.8 Å². The Kier molecular flexibility index (Phi) is 5.69. The topological polar surface area (TPSA) is 90.7 Å². The number of nitrogens with zero attached hydrogens (tertiary/aromatic N) is 3. The third-order valence-corrected chi connectivity index (χ3v) is 5.00. The molecular formula is C20H27N5O3. The van der Waals surface area contributed by atoms with Crippen molar-refractivity contribution >= 4 is 29.0 Å².